The molecule has 0 aliphatic rings. The Kier molecular flexibility index (Phi) is 8.75. The smallest absolute Gasteiger partial charge is 0.0431 e. The van der Waals surface area contributed by atoms with Crippen molar-refractivity contribution in [3.8, 4) is 0 Å². The van der Waals surface area contributed by atoms with Crippen LogP contribution in [-0.4, -0.2) is 16.3 Å². The molecule has 0 unspecified atom stereocenters. The van der Waals surface area contributed by atoms with Gasteiger partial charge in [-0.2, -0.15) is 0 Å². The van der Waals surface area contributed by atoms with Gasteiger partial charge < -0.3 is 9.67 Å². The number of aryl methyl sites for hydroxylation is 1. The van der Waals surface area contributed by atoms with E-state index < -0.39 is 0 Å². The van der Waals surface area contributed by atoms with Gasteiger partial charge in [0, 0.05) is 25.5 Å². The van der Waals surface area contributed by atoms with Crippen LogP contribution in [-0.2, 0) is 6.54 Å². The first-order valence-electron chi connectivity index (χ1n) is 7.15. The number of aliphatic hydroxyl groups excluding tert-OH is 1. The number of unbranched alkanes of at least 4 members (excludes halogenated alkanes) is 8. The Morgan fingerprint density at radius 3 is 1.65 bits per heavy atom. The van der Waals surface area contributed by atoms with Gasteiger partial charge in [0.25, 0.3) is 0 Å². The molecule has 17 heavy (non-hydrogen) atoms. The molecule has 1 N–H and O–H groups in total. The molecule has 0 fully saturated rings. The van der Waals surface area contributed by atoms with E-state index in [4.69, 9.17) is 5.11 Å². The lowest BCUT2D eigenvalue weighted by Gasteiger charge is -2.03. The second kappa shape index (κ2) is 10.4. The van der Waals surface area contributed by atoms with E-state index in [-0.39, 0.29) is 0 Å². The third-order valence-electron chi connectivity index (χ3n) is 3.24. The molecule has 98 valence electrons. The molecule has 1 aromatic rings. The van der Waals surface area contributed by atoms with Crippen LogP contribution in [0.3, 0.4) is 0 Å². The van der Waals surface area contributed by atoms with Crippen molar-refractivity contribution in [3.05, 3.63) is 24.5 Å². The van der Waals surface area contributed by atoms with Gasteiger partial charge in [0.2, 0.25) is 0 Å². The normalized spacial score (nSPS) is 10.9. The fourth-order valence-corrected chi connectivity index (χ4v) is 2.16. The number of nitrogens with zero attached hydrogens (tertiary/aromatic N) is 1. The molecule has 1 rings (SSSR count). The lowest BCUT2D eigenvalue weighted by Crippen LogP contribution is -1.93. The molecule has 0 saturated carbocycles. The summed E-state index contributed by atoms with van der Waals surface area (Å²) < 4.78 is 2.26. The second-order valence-electron chi connectivity index (χ2n) is 4.83. The highest BCUT2D eigenvalue weighted by Gasteiger charge is 1.93. The molecule has 0 saturated heterocycles. The Balaban J connectivity index is 1.76. The zero-order chi connectivity index (χ0) is 12.2. The zero-order valence-electron chi connectivity index (χ0n) is 11.0. The molecule has 0 aliphatic carbocycles. The van der Waals surface area contributed by atoms with Gasteiger partial charge >= 0.3 is 0 Å². The molecule has 0 aliphatic heterocycles. The Bertz CT molecular complexity index is 243. The largest absolute Gasteiger partial charge is 0.396 e. The van der Waals surface area contributed by atoms with Crippen LogP contribution >= 0.6 is 0 Å². The Labute approximate surface area is 106 Å². The van der Waals surface area contributed by atoms with E-state index >= 15 is 0 Å². The third-order valence-corrected chi connectivity index (χ3v) is 3.24. The maximum atomic E-state index is 8.64. The van der Waals surface area contributed by atoms with E-state index in [0.717, 1.165) is 6.42 Å². The van der Waals surface area contributed by atoms with Gasteiger partial charge in [-0.15, -0.1) is 0 Å². The topological polar surface area (TPSA) is 25.2 Å². The minimum absolute atomic E-state index is 0.361. The fraction of sp³-hybridized carbons (Fsp3) is 0.733. The van der Waals surface area contributed by atoms with Crippen molar-refractivity contribution in [2.45, 2.75) is 64.3 Å². The van der Waals surface area contributed by atoms with Crippen LogP contribution in [0.2, 0.25) is 0 Å². The van der Waals surface area contributed by atoms with Crippen LogP contribution in [0.1, 0.15) is 57.8 Å². The van der Waals surface area contributed by atoms with Crippen molar-refractivity contribution in [1.29, 1.82) is 0 Å². The van der Waals surface area contributed by atoms with Crippen molar-refractivity contribution in [2.75, 3.05) is 6.61 Å². The van der Waals surface area contributed by atoms with Crippen LogP contribution < -0.4 is 0 Å². The molecule has 2 heteroatoms. The van der Waals surface area contributed by atoms with Gasteiger partial charge in [-0.25, -0.2) is 0 Å². The highest BCUT2D eigenvalue weighted by atomic mass is 16.2. The van der Waals surface area contributed by atoms with Crippen LogP contribution in [0, 0.1) is 0 Å². The summed E-state index contributed by atoms with van der Waals surface area (Å²) in [5.41, 5.74) is 0. The number of hydrogen-bond acceptors (Lipinski definition) is 1. The first-order chi connectivity index (χ1) is 8.43. The predicted octanol–water partition coefficient (Wildman–Crippen LogP) is 3.99. The van der Waals surface area contributed by atoms with Gasteiger partial charge in [0.1, 0.15) is 0 Å². The van der Waals surface area contributed by atoms with Crippen LogP contribution in [0.4, 0.5) is 0 Å². The average Bonchev–Trinajstić information content (AvgIpc) is 2.85. The summed E-state index contributed by atoms with van der Waals surface area (Å²) in [6.07, 6.45) is 15.9. The molecule has 2 nitrogen and oxygen atoms in total. The summed E-state index contributed by atoms with van der Waals surface area (Å²) in [7, 11) is 0. The molecular formula is C15H27NO. The molecule has 0 amide bonds. The number of rotatable bonds is 11. The summed E-state index contributed by atoms with van der Waals surface area (Å²) in [6.45, 7) is 1.53. The Morgan fingerprint density at radius 2 is 1.12 bits per heavy atom. The molecule has 0 bridgehead atoms. The van der Waals surface area contributed by atoms with Gasteiger partial charge in [0.15, 0.2) is 0 Å². The summed E-state index contributed by atoms with van der Waals surface area (Å²) in [5, 5.41) is 8.64. The van der Waals surface area contributed by atoms with Crippen molar-refractivity contribution >= 4 is 0 Å². The first-order valence-corrected chi connectivity index (χ1v) is 7.15. The van der Waals surface area contributed by atoms with Crippen molar-refractivity contribution in [3.63, 3.8) is 0 Å². The van der Waals surface area contributed by atoms with Crippen molar-refractivity contribution in [1.82, 2.24) is 4.57 Å². The highest BCUT2D eigenvalue weighted by molar-refractivity contribution is 4.89. The number of aromatic nitrogens is 1. The van der Waals surface area contributed by atoms with Crippen LogP contribution in [0.25, 0.3) is 0 Å². The van der Waals surface area contributed by atoms with Gasteiger partial charge in [-0.3, -0.25) is 0 Å². The van der Waals surface area contributed by atoms with E-state index in [1.54, 1.807) is 0 Å². The molecule has 0 radical (unpaired) electrons. The SMILES string of the molecule is OCCCCCCCCCCCn1cccc1. The average molecular weight is 237 g/mol. The van der Waals surface area contributed by atoms with Crippen LogP contribution in [0.5, 0.6) is 0 Å². The number of aliphatic hydroxyl groups is 1. The minimum atomic E-state index is 0.361. The van der Waals surface area contributed by atoms with Gasteiger partial charge in [-0.1, -0.05) is 44.9 Å². The molecule has 0 spiro atoms. The maximum Gasteiger partial charge on any atom is 0.0431 e. The van der Waals surface area contributed by atoms with E-state index in [1.807, 2.05) is 0 Å². The molecule has 0 atom stereocenters. The lowest BCUT2D eigenvalue weighted by atomic mass is 10.1. The van der Waals surface area contributed by atoms with E-state index in [2.05, 4.69) is 29.1 Å². The Morgan fingerprint density at radius 1 is 0.647 bits per heavy atom. The van der Waals surface area contributed by atoms with Crippen molar-refractivity contribution in [2.24, 2.45) is 0 Å². The summed E-state index contributed by atoms with van der Waals surface area (Å²) in [4.78, 5) is 0. The number of hydrogen-bond donors (Lipinski definition) is 1. The predicted molar refractivity (Wildman–Crippen MR) is 73.1 cm³/mol. The summed E-state index contributed by atoms with van der Waals surface area (Å²) in [5.74, 6) is 0. The molecule has 1 aromatic heterocycles. The van der Waals surface area contributed by atoms with E-state index in [1.165, 1.54) is 57.9 Å². The highest BCUT2D eigenvalue weighted by Crippen LogP contribution is 2.10. The van der Waals surface area contributed by atoms with E-state index in [9.17, 15) is 0 Å². The summed E-state index contributed by atoms with van der Waals surface area (Å²) in [6, 6.07) is 4.18. The van der Waals surface area contributed by atoms with Crippen molar-refractivity contribution < 1.29 is 5.11 Å². The Hall–Kier alpha value is -0.760. The molecule has 0 aromatic carbocycles. The van der Waals surface area contributed by atoms with Gasteiger partial charge in [0.05, 0.1) is 0 Å². The zero-order valence-corrected chi connectivity index (χ0v) is 11.0. The van der Waals surface area contributed by atoms with Crippen LogP contribution in [0.15, 0.2) is 24.5 Å². The van der Waals surface area contributed by atoms with E-state index in [0.29, 0.717) is 6.61 Å². The third kappa shape index (κ3) is 8.03. The quantitative estimate of drug-likeness (QED) is 0.578. The fourth-order valence-electron chi connectivity index (χ4n) is 2.16. The lowest BCUT2D eigenvalue weighted by molar-refractivity contribution is 0.282. The maximum absolute atomic E-state index is 8.64. The minimum Gasteiger partial charge on any atom is -0.396 e. The first kappa shape index (κ1) is 14.3. The molecular weight excluding hydrogens is 210 g/mol. The second-order valence-corrected chi connectivity index (χ2v) is 4.83. The molecule has 1 heterocycles. The van der Waals surface area contributed by atoms with Gasteiger partial charge in [-0.05, 0) is 25.0 Å². The summed E-state index contributed by atoms with van der Waals surface area (Å²) >= 11 is 0. The standard InChI is InChI=1S/C15H27NO/c17-15-11-7-5-3-1-2-4-6-8-12-16-13-9-10-14-16/h9-10,13-14,17H,1-8,11-12,15H2. The monoisotopic (exact) mass is 237 g/mol.